The number of benzene rings is 1. The molecule has 1 saturated carbocycles. The molecule has 2 aliphatic rings. The van der Waals surface area contributed by atoms with Crippen LogP contribution in [0.15, 0.2) is 30.3 Å². The molecule has 7 nitrogen and oxygen atoms in total. The van der Waals surface area contributed by atoms with Crippen molar-refractivity contribution in [1.82, 2.24) is 10.2 Å². The van der Waals surface area contributed by atoms with Gasteiger partial charge in [-0.2, -0.15) is 0 Å². The molecule has 2 fully saturated rings. The summed E-state index contributed by atoms with van der Waals surface area (Å²) in [5, 5.41) is 2.24. The van der Waals surface area contributed by atoms with Gasteiger partial charge in [-0.15, -0.1) is 0 Å². The molecule has 1 heterocycles. The van der Waals surface area contributed by atoms with Crippen LogP contribution in [-0.4, -0.2) is 47.8 Å². The van der Waals surface area contributed by atoms with Crippen LogP contribution in [0, 0.1) is 0 Å². The summed E-state index contributed by atoms with van der Waals surface area (Å²) < 4.78 is 4.63. The van der Waals surface area contributed by atoms with Gasteiger partial charge in [0.2, 0.25) is 17.7 Å². The Balaban J connectivity index is 1.71. The molecular weight excluding hydrogens is 324 g/mol. The first-order valence-electron chi connectivity index (χ1n) is 8.02. The summed E-state index contributed by atoms with van der Waals surface area (Å²) in [6.07, 6.45) is 4.70. The highest BCUT2D eigenvalue weighted by atomic mass is 16.5. The number of hydrogen-bond donors (Lipinski definition) is 1. The van der Waals surface area contributed by atoms with Crippen LogP contribution in [0.1, 0.15) is 35.2 Å². The quantitative estimate of drug-likeness (QED) is 0.487. The van der Waals surface area contributed by atoms with Crippen molar-refractivity contribution in [2.45, 2.75) is 31.3 Å². The largest absolute Gasteiger partial charge is 0.465 e. The van der Waals surface area contributed by atoms with Crippen molar-refractivity contribution in [3.8, 4) is 0 Å². The predicted molar refractivity (Wildman–Crippen MR) is 88.2 cm³/mol. The third-order valence-corrected chi connectivity index (χ3v) is 4.22. The van der Waals surface area contributed by atoms with E-state index in [1.165, 1.54) is 18.1 Å². The van der Waals surface area contributed by atoms with Crippen molar-refractivity contribution in [2.75, 3.05) is 7.11 Å². The number of rotatable bonds is 5. The molecule has 1 atom stereocenters. The Morgan fingerprint density at radius 2 is 1.88 bits per heavy atom. The first-order valence-corrected chi connectivity index (χ1v) is 8.02. The van der Waals surface area contributed by atoms with E-state index < -0.39 is 17.9 Å². The fourth-order valence-corrected chi connectivity index (χ4v) is 2.81. The Labute approximate surface area is 144 Å². The zero-order valence-electron chi connectivity index (χ0n) is 13.7. The highest BCUT2D eigenvalue weighted by Crippen LogP contribution is 2.31. The molecule has 1 aromatic rings. The molecule has 25 heavy (non-hydrogen) atoms. The van der Waals surface area contributed by atoms with Gasteiger partial charge in [-0.1, -0.05) is 12.1 Å². The van der Waals surface area contributed by atoms with E-state index >= 15 is 0 Å². The van der Waals surface area contributed by atoms with E-state index in [1.807, 2.05) is 0 Å². The van der Waals surface area contributed by atoms with Gasteiger partial charge in [0.1, 0.15) is 6.04 Å². The molecule has 0 spiro atoms. The van der Waals surface area contributed by atoms with Gasteiger partial charge in [0.25, 0.3) is 0 Å². The van der Waals surface area contributed by atoms with Crippen molar-refractivity contribution in [2.24, 2.45) is 0 Å². The molecule has 0 aromatic heterocycles. The number of esters is 1. The molecule has 1 saturated heterocycles. The molecule has 0 unspecified atom stereocenters. The van der Waals surface area contributed by atoms with E-state index in [2.05, 4.69) is 10.1 Å². The van der Waals surface area contributed by atoms with E-state index in [-0.39, 0.29) is 24.3 Å². The second-order valence-electron chi connectivity index (χ2n) is 6.06. The number of nitrogens with one attached hydrogen (secondary N) is 1. The maximum Gasteiger partial charge on any atom is 0.337 e. The predicted octanol–water partition coefficient (Wildman–Crippen LogP) is 0.892. The Bertz CT molecular complexity index is 749. The Morgan fingerprint density at radius 3 is 2.40 bits per heavy atom. The normalized spacial score (nSPS) is 19.8. The summed E-state index contributed by atoms with van der Waals surface area (Å²) in [5.41, 5.74) is 1.16. The summed E-state index contributed by atoms with van der Waals surface area (Å²) >= 11 is 0. The Hall–Kier alpha value is -2.96. The second-order valence-corrected chi connectivity index (χ2v) is 6.06. The molecule has 0 radical (unpaired) electrons. The monoisotopic (exact) mass is 342 g/mol. The van der Waals surface area contributed by atoms with Crippen molar-refractivity contribution in [3.63, 3.8) is 0 Å². The maximum atomic E-state index is 12.5. The van der Waals surface area contributed by atoms with Crippen LogP contribution >= 0.6 is 0 Å². The Morgan fingerprint density at radius 1 is 1.20 bits per heavy atom. The van der Waals surface area contributed by atoms with Crippen LogP contribution in [0.5, 0.6) is 0 Å². The molecular formula is C18H18N2O5. The molecule has 3 amide bonds. The van der Waals surface area contributed by atoms with Crippen LogP contribution in [0.2, 0.25) is 0 Å². The van der Waals surface area contributed by atoms with Crippen molar-refractivity contribution in [1.29, 1.82) is 0 Å². The summed E-state index contributed by atoms with van der Waals surface area (Å²) in [7, 11) is 1.31. The zero-order chi connectivity index (χ0) is 18.0. The third kappa shape index (κ3) is 3.76. The van der Waals surface area contributed by atoms with Gasteiger partial charge >= 0.3 is 5.97 Å². The average molecular weight is 342 g/mol. The van der Waals surface area contributed by atoms with Gasteiger partial charge < -0.3 is 9.64 Å². The van der Waals surface area contributed by atoms with Crippen molar-refractivity contribution in [3.05, 3.63) is 41.5 Å². The highest BCUT2D eigenvalue weighted by Gasteiger charge is 2.43. The minimum Gasteiger partial charge on any atom is -0.465 e. The number of amides is 3. The number of methoxy groups -OCH3 is 1. The lowest BCUT2D eigenvalue weighted by Gasteiger charge is -2.25. The number of imide groups is 1. The molecule has 130 valence electrons. The smallest absolute Gasteiger partial charge is 0.337 e. The first kappa shape index (κ1) is 16.9. The van der Waals surface area contributed by atoms with Crippen molar-refractivity contribution < 1.29 is 23.9 Å². The first-order chi connectivity index (χ1) is 12.0. The number of nitrogens with zero attached hydrogens (tertiary/aromatic N) is 1. The lowest BCUT2D eigenvalue weighted by Crippen LogP contribution is -2.45. The number of hydrogen-bond acceptors (Lipinski definition) is 5. The zero-order valence-corrected chi connectivity index (χ0v) is 13.7. The minimum absolute atomic E-state index is 0.0144. The van der Waals surface area contributed by atoms with Crippen LogP contribution in [0.3, 0.4) is 0 Å². The summed E-state index contributed by atoms with van der Waals surface area (Å²) in [5.74, 6) is -1.49. The highest BCUT2D eigenvalue weighted by molar-refractivity contribution is 6.08. The van der Waals surface area contributed by atoms with Gasteiger partial charge in [0.05, 0.1) is 19.1 Å². The van der Waals surface area contributed by atoms with Gasteiger partial charge in [-0.05, 0) is 36.6 Å². The van der Waals surface area contributed by atoms with E-state index in [4.69, 9.17) is 0 Å². The van der Waals surface area contributed by atoms with Gasteiger partial charge in [-0.3, -0.25) is 19.7 Å². The van der Waals surface area contributed by atoms with E-state index in [9.17, 15) is 19.2 Å². The van der Waals surface area contributed by atoms with Crippen molar-refractivity contribution >= 4 is 29.8 Å². The summed E-state index contributed by atoms with van der Waals surface area (Å²) in [4.78, 5) is 48.7. The third-order valence-electron chi connectivity index (χ3n) is 4.22. The lowest BCUT2D eigenvalue weighted by atomic mass is 10.1. The van der Waals surface area contributed by atoms with Crippen LogP contribution in [0.4, 0.5) is 0 Å². The number of carbonyl (C=O) groups is 4. The van der Waals surface area contributed by atoms with Gasteiger partial charge in [0.15, 0.2) is 0 Å². The van der Waals surface area contributed by atoms with E-state index in [1.54, 1.807) is 30.3 Å². The summed E-state index contributed by atoms with van der Waals surface area (Å²) in [6.45, 7) is 0. The molecule has 1 aliphatic heterocycles. The molecule has 1 N–H and O–H groups in total. The fourth-order valence-electron chi connectivity index (χ4n) is 2.81. The number of carbonyl (C=O) groups excluding carboxylic acids is 4. The van der Waals surface area contributed by atoms with E-state index in [0.717, 1.165) is 18.4 Å². The van der Waals surface area contributed by atoms with Crippen LogP contribution in [0.25, 0.3) is 6.08 Å². The average Bonchev–Trinajstić information content (AvgIpc) is 3.38. The van der Waals surface area contributed by atoms with E-state index in [0.29, 0.717) is 5.56 Å². The van der Waals surface area contributed by atoms with Crippen LogP contribution < -0.4 is 5.32 Å². The molecule has 0 bridgehead atoms. The maximum absolute atomic E-state index is 12.5. The van der Waals surface area contributed by atoms with Crippen LogP contribution in [-0.2, 0) is 19.1 Å². The minimum atomic E-state index is -0.723. The Kier molecular flexibility index (Phi) is 4.65. The number of ether oxygens (including phenoxy) is 1. The molecule has 7 heteroatoms. The standard InChI is InChI=1S/C18H18N2O5/c1-25-18(24)12-5-2-11(3-6-12)4-9-16(22)20(13-7-8-13)14-10-15(21)19-17(14)23/h2-6,9,13-14H,7-8,10H2,1H3,(H,19,21,23)/b9-4+/t14-/m0/s1. The molecule has 1 aliphatic carbocycles. The summed E-state index contributed by atoms with van der Waals surface area (Å²) in [6, 6.07) is 5.90. The van der Waals surface area contributed by atoms with Gasteiger partial charge in [-0.25, -0.2) is 4.79 Å². The topological polar surface area (TPSA) is 92.8 Å². The van der Waals surface area contributed by atoms with Gasteiger partial charge in [0, 0.05) is 12.1 Å². The fraction of sp³-hybridized carbons (Fsp3) is 0.333. The lowest BCUT2D eigenvalue weighted by molar-refractivity contribution is -0.135. The molecule has 3 rings (SSSR count). The SMILES string of the molecule is COC(=O)c1ccc(/C=C/C(=O)N(C2CC2)[C@H]2CC(=O)NC2=O)cc1. The molecule has 1 aromatic carbocycles. The second kappa shape index (κ2) is 6.88.